The van der Waals surface area contributed by atoms with E-state index < -0.39 is 0 Å². The number of aliphatic imine (C=N–C) groups is 1. The molecule has 2 rings (SSSR count). The molecule has 0 unspecified atom stereocenters. The summed E-state index contributed by atoms with van der Waals surface area (Å²) in [5, 5.41) is 3.91. The maximum atomic E-state index is 5.87. The van der Waals surface area contributed by atoms with E-state index in [4.69, 9.17) is 17.3 Å². The van der Waals surface area contributed by atoms with Crippen molar-refractivity contribution in [2.45, 2.75) is 44.7 Å². The van der Waals surface area contributed by atoms with Gasteiger partial charge in [0.2, 0.25) is 0 Å². The molecule has 5 heteroatoms. The van der Waals surface area contributed by atoms with Crippen LogP contribution in [-0.2, 0) is 6.54 Å². The van der Waals surface area contributed by atoms with E-state index in [1.807, 2.05) is 12.1 Å². The largest absolute Gasteiger partial charge is 0.370 e. The lowest BCUT2D eigenvalue weighted by Gasteiger charge is -2.23. The van der Waals surface area contributed by atoms with E-state index >= 15 is 0 Å². The highest BCUT2D eigenvalue weighted by molar-refractivity contribution is 6.30. The van der Waals surface area contributed by atoms with Crippen molar-refractivity contribution >= 4 is 17.6 Å². The van der Waals surface area contributed by atoms with Crippen molar-refractivity contribution in [3.63, 3.8) is 0 Å². The summed E-state index contributed by atoms with van der Waals surface area (Å²) in [5.74, 6) is 0.513. The Morgan fingerprint density at radius 3 is 2.83 bits per heavy atom. The van der Waals surface area contributed by atoms with Crippen LogP contribution in [0.5, 0.6) is 0 Å². The molecule has 1 saturated carbocycles. The summed E-state index contributed by atoms with van der Waals surface area (Å²) in [6, 6.07) is 4.16. The van der Waals surface area contributed by atoms with Crippen LogP contribution in [0.3, 0.4) is 0 Å². The van der Waals surface area contributed by atoms with Gasteiger partial charge < -0.3 is 11.1 Å². The number of halogens is 1. The van der Waals surface area contributed by atoms with Crippen molar-refractivity contribution in [3.05, 3.63) is 29.0 Å². The molecule has 1 aromatic heterocycles. The first-order valence-electron chi connectivity index (χ1n) is 6.41. The van der Waals surface area contributed by atoms with Crippen molar-refractivity contribution in [3.8, 4) is 0 Å². The van der Waals surface area contributed by atoms with E-state index in [1.165, 1.54) is 32.1 Å². The summed E-state index contributed by atoms with van der Waals surface area (Å²) < 4.78 is 0. The fraction of sp³-hybridized carbons (Fsp3) is 0.538. The third-order valence-corrected chi connectivity index (χ3v) is 3.38. The number of rotatable bonds is 3. The molecule has 0 saturated heterocycles. The summed E-state index contributed by atoms with van der Waals surface area (Å²) in [6.07, 6.45) is 7.90. The van der Waals surface area contributed by atoms with Gasteiger partial charge in [-0.15, -0.1) is 0 Å². The predicted octanol–water partition coefficient (Wildman–Crippen LogP) is 2.47. The first kappa shape index (κ1) is 13.1. The Morgan fingerprint density at radius 1 is 1.39 bits per heavy atom. The molecule has 1 aromatic rings. The monoisotopic (exact) mass is 266 g/mol. The van der Waals surface area contributed by atoms with Gasteiger partial charge in [0.25, 0.3) is 0 Å². The zero-order chi connectivity index (χ0) is 12.8. The summed E-state index contributed by atoms with van der Waals surface area (Å²) in [4.78, 5) is 8.47. The smallest absolute Gasteiger partial charge is 0.189 e. The second-order valence-corrected chi connectivity index (χ2v) is 5.08. The first-order chi connectivity index (χ1) is 8.74. The highest BCUT2D eigenvalue weighted by Gasteiger charge is 2.13. The second kappa shape index (κ2) is 6.59. The number of nitrogens with zero attached hydrogens (tertiary/aromatic N) is 2. The number of nitrogens with two attached hydrogens (primary N) is 1. The van der Waals surface area contributed by atoms with Crippen molar-refractivity contribution < 1.29 is 0 Å². The zero-order valence-electron chi connectivity index (χ0n) is 10.4. The summed E-state index contributed by atoms with van der Waals surface area (Å²) in [5.41, 5.74) is 6.74. The third kappa shape index (κ3) is 4.18. The predicted molar refractivity (Wildman–Crippen MR) is 74.6 cm³/mol. The Labute approximate surface area is 113 Å². The van der Waals surface area contributed by atoms with Crippen LogP contribution in [-0.4, -0.2) is 17.0 Å². The lowest BCUT2D eigenvalue weighted by molar-refractivity contribution is 0.412. The van der Waals surface area contributed by atoms with Crippen LogP contribution in [0.1, 0.15) is 37.8 Å². The summed E-state index contributed by atoms with van der Waals surface area (Å²) >= 11 is 5.77. The van der Waals surface area contributed by atoms with Gasteiger partial charge in [0.15, 0.2) is 5.96 Å². The SMILES string of the molecule is NC(=NCc1ccc(Cl)cn1)NC1CCCCC1. The molecule has 1 aliphatic rings. The standard InChI is InChI=1S/C13H19ClN4/c14-10-6-7-12(16-8-10)9-17-13(15)18-11-4-2-1-3-5-11/h6-8,11H,1-5,9H2,(H3,15,17,18). The normalized spacial score (nSPS) is 17.7. The second-order valence-electron chi connectivity index (χ2n) is 4.65. The van der Waals surface area contributed by atoms with Crippen LogP contribution >= 0.6 is 11.6 Å². The number of guanidine groups is 1. The Hall–Kier alpha value is -1.29. The highest BCUT2D eigenvalue weighted by Crippen LogP contribution is 2.17. The van der Waals surface area contributed by atoms with Crippen LogP contribution in [0.2, 0.25) is 5.02 Å². The van der Waals surface area contributed by atoms with E-state index in [0.29, 0.717) is 23.6 Å². The van der Waals surface area contributed by atoms with Crippen molar-refractivity contribution in [2.75, 3.05) is 0 Å². The molecule has 0 aromatic carbocycles. The van der Waals surface area contributed by atoms with E-state index in [9.17, 15) is 0 Å². The Morgan fingerprint density at radius 2 is 2.17 bits per heavy atom. The number of hydrogen-bond acceptors (Lipinski definition) is 2. The fourth-order valence-corrected chi connectivity index (χ4v) is 2.28. The van der Waals surface area contributed by atoms with E-state index in [1.54, 1.807) is 6.20 Å². The molecule has 18 heavy (non-hydrogen) atoms. The van der Waals surface area contributed by atoms with Gasteiger partial charge in [-0.25, -0.2) is 4.99 Å². The van der Waals surface area contributed by atoms with Crippen LogP contribution in [0.4, 0.5) is 0 Å². The lowest BCUT2D eigenvalue weighted by Crippen LogP contribution is -2.41. The molecule has 0 spiro atoms. The third-order valence-electron chi connectivity index (χ3n) is 3.16. The summed E-state index contributed by atoms with van der Waals surface area (Å²) in [6.45, 7) is 0.489. The quantitative estimate of drug-likeness (QED) is 0.653. The molecule has 0 amide bonds. The van der Waals surface area contributed by atoms with Gasteiger partial charge in [-0.3, -0.25) is 4.98 Å². The molecule has 0 bridgehead atoms. The number of pyridine rings is 1. The summed E-state index contributed by atoms with van der Waals surface area (Å²) in [7, 11) is 0. The average molecular weight is 267 g/mol. The van der Waals surface area contributed by atoms with Gasteiger partial charge in [0, 0.05) is 12.2 Å². The van der Waals surface area contributed by atoms with Crippen molar-refractivity contribution in [1.29, 1.82) is 0 Å². The highest BCUT2D eigenvalue weighted by atomic mass is 35.5. The van der Waals surface area contributed by atoms with Crippen LogP contribution in [0, 0.1) is 0 Å². The number of hydrogen-bond donors (Lipinski definition) is 2. The molecule has 1 aliphatic carbocycles. The maximum absolute atomic E-state index is 5.87. The molecule has 4 nitrogen and oxygen atoms in total. The van der Waals surface area contributed by atoms with Gasteiger partial charge >= 0.3 is 0 Å². The Bertz CT molecular complexity index is 396. The molecule has 1 fully saturated rings. The topological polar surface area (TPSA) is 63.3 Å². The minimum atomic E-state index is 0.487. The first-order valence-corrected chi connectivity index (χ1v) is 6.79. The van der Waals surface area contributed by atoms with Crippen molar-refractivity contribution in [1.82, 2.24) is 10.3 Å². The minimum Gasteiger partial charge on any atom is -0.370 e. The van der Waals surface area contributed by atoms with Crippen LogP contribution in [0.15, 0.2) is 23.3 Å². The maximum Gasteiger partial charge on any atom is 0.189 e. The molecular weight excluding hydrogens is 248 g/mol. The number of aromatic nitrogens is 1. The van der Waals surface area contributed by atoms with Gasteiger partial charge in [0.1, 0.15) is 0 Å². The van der Waals surface area contributed by atoms with Gasteiger partial charge in [0.05, 0.1) is 17.3 Å². The van der Waals surface area contributed by atoms with Crippen molar-refractivity contribution in [2.24, 2.45) is 10.7 Å². The molecular formula is C13H19ClN4. The van der Waals surface area contributed by atoms with E-state index in [0.717, 1.165) is 5.69 Å². The lowest BCUT2D eigenvalue weighted by atomic mass is 9.96. The van der Waals surface area contributed by atoms with Crippen LogP contribution in [0.25, 0.3) is 0 Å². The Balaban J connectivity index is 1.82. The molecule has 3 N–H and O–H groups in total. The average Bonchev–Trinajstić information content (AvgIpc) is 2.39. The molecule has 1 heterocycles. The minimum absolute atomic E-state index is 0.487. The van der Waals surface area contributed by atoms with Gasteiger partial charge in [-0.1, -0.05) is 30.9 Å². The molecule has 0 radical (unpaired) electrons. The number of nitrogens with one attached hydrogen (secondary N) is 1. The van der Waals surface area contributed by atoms with E-state index in [-0.39, 0.29) is 0 Å². The Kier molecular flexibility index (Phi) is 4.81. The molecule has 98 valence electrons. The molecule has 0 atom stereocenters. The van der Waals surface area contributed by atoms with E-state index in [2.05, 4.69) is 15.3 Å². The zero-order valence-corrected chi connectivity index (χ0v) is 11.2. The van der Waals surface area contributed by atoms with Gasteiger partial charge in [-0.05, 0) is 25.0 Å². The van der Waals surface area contributed by atoms with Crippen LogP contribution < -0.4 is 11.1 Å². The fourth-order valence-electron chi connectivity index (χ4n) is 2.17. The van der Waals surface area contributed by atoms with Gasteiger partial charge in [-0.2, -0.15) is 0 Å². The molecule has 0 aliphatic heterocycles.